The molecule has 0 radical (unpaired) electrons. The Labute approximate surface area is 172 Å². The highest BCUT2D eigenvalue weighted by molar-refractivity contribution is 6.33. The lowest BCUT2D eigenvalue weighted by Gasteiger charge is -2.14. The molecule has 8 heteroatoms. The molecule has 0 aromatic heterocycles. The number of carboxylic acids is 1. The van der Waals surface area contributed by atoms with Gasteiger partial charge in [0.05, 0.1) is 6.42 Å². The lowest BCUT2D eigenvalue weighted by molar-refractivity contribution is -0.156. The Kier molecular flexibility index (Phi) is 7.91. The monoisotopic (exact) mass is 418 g/mol. The van der Waals surface area contributed by atoms with E-state index in [-0.39, 0.29) is 18.6 Å². The summed E-state index contributed by atoms with van der Waals surface area (Å²) in [5.74, 6) is -3.21. The maximum absolute atomic E-state index is 12.3. The molecule has 0 bridgehead atoms. The van der Waals surface area contributed by atoms with Crippen LogP contribution in [0.1, 0.15) is 29.3 Å². The number of carboxylic acid groups (broad SMARTS) is 1. The second kappa shape index (κ2) is 10.4. The summed E-state index contributed by atoms with van der Waals surface area (Å²) in [6.07, 6.45) is -0.489. The van der Waals surface area contributed by atoms with Crippen LogP contribution in [0.3, 0.4) is 0 Å². The van der Waals surface area contributed by atoms with E-state index in [0.717, 1.165) is 5.56 Å². The summed E-state index contributed by atoms with van der Waals surface area (Å²) in [4.78, 5) is 45.2. The Hall–Kier alpha value is -3.19. The summed E-state index contributed by atoms with van der Waals surface area (Å²) in [7, 11) is 0. The third-order valence-corrected chi connectivity index (χ3v) is 4.10. The highest BCUT2D eigenvalue weighted by Gasteiger charge is 2.17. The van der Waals surface area contributed by atoms with Crippen molar-refractivity contribution in [2.24, 2.45) is 0 Å². The fraction of sp³-hybridized carbons (Fsp3) is 0.238. The zero-order valence-electron chi connectivity index (χ0n) is 15.6. The lowest BCUT2D eigenvalue weighted by Crippen LogP contribution is -2.24. The topological polar surface area (TPSA) is 107 Å². The molecule has 0 heterocycles. The van der Waals surface area contributed by atoms with Crippen LogP contribution in [-0.4, -0.2) is 41.3 Å². The van der Waals surface area contributed by atoms with E-state index in [1.807, 2.05) is 0 Å². The zero-order valence-corrected chi connectivity index (χ0v) is 16.3. The molecule has 1 N–H and O–H groups in total. The van der Waals surface area contributed by atoms with Crippen LogP contribution in [0.5, 0.6) is 5.75 Å². The van der Waals surface area contributed by atoms with Gasteiger partial charge in [0, 0.05) is 17.0 Å². The maximum atomic E-state index is 12.3. The summed E-state index contributed by atoms with van der Waals surface area (Å²) in [6, 6.07) is 13.5. The number of carbonyl (C=O) groups excluding carboxylic acids is 3. The van der Waals surface area contributed by atoms with Crippen molar-refractivity contribution in [1.29, 1.82) is 0 Å². The first-order valence-electron chi connectivity index (χ1n) is 8.70. The first-order valence-corrected chi connectivity index (χ1v) is 9.08. The van der Waals surface area contributed by atoms with Gasteiger partial charge in [-0.25, -0.2) is 4.79 Å². The van der Waals surface area contributed by atoms with Gasteiger partial charge in [0.25, 0.3) is 5.78 Å². The fourth-order valence-corrected chi connectivity index (χ4v) is 2.51. The molecule has 29 heavy (non-hydrogen) atoms. The molecule has 152 valence electrons. The van der Waals surface area contributed by atoms with Crippen molar-refractivity contribution in [3.63, 3.8) is 0 Å². The molecule has 0 saturated heterocycles. The molecule has 2 aromatic carbocycles. The van der Waals surface area contributed by atoms with Gasteiger partial charge in [-0.3, -0.25) is 14.4 Å². The molecule has 2 rings (SSSR count). The summed E-state index contributed by atoms with van der Waals surface area (Å²) in [5.41, 5.74) is 1.37. The number of esters is 1. The van der Waals surface area contributed by atoms with Gasteiger partial charge in [0.15, 0.2) is 12.4 Å². The fourth-order valence-electron chi connectivity index (χ4n) is 2.38. The quantitative estimate of drug-likeness (QED) is 0.359. The van der Waals surface area contributed by atoms with Crippen molar-refractivity contribution >= 4 is 35.1 Å². The third kappa shape index (κ3) is 7.38. The Morgan fingerprint density at radius 1 is 1.00 bits per heavy atom. The van der Waals surface area contributed by atoms with Crippen LogP contribution in [0.15, 0.2) is 48.5 Å². The Bertz CT molecular complexity index is 888. The molecular formula is C21H19ClO7. The molecule has 0 saturated carbocycles. The van der Waals surface area contributed by atoms with Crippen LogP contribution in [0, 0.1) is 0 Å². The van der Waals surface area contributed by atoms with E-state index in [1.54, 1.807) is 55.5 Å². The van der Waals surface area contributed by atoms with E-state index in [1.165, 1.54) is 0 Å². The van der Waals surface area contributed by atoms with E-state index in [9.17, 15) is 19.2 Å². The van der Waals surface area contributed by atoms with Crippen LogP contribution in [0.4, 0.5) is 0 Å². The van der Waals surface area contributed by atoms with Crippen LogP contribution in [0.2, 0.25) is 5.02 Å². The Morgan fingerprint density at radius 2 is 1.62 bits per heavy atom. The van der Waals surface area contributed by atoms with Crippen LogP contribution < -0.4 is 4.74 Å². The number of halogens is 1. The molecule has 0 aliphatic heterocycles. The number of aliphatic carboxylic acids is 1. The third-order valence-electron chi connectivity index (χ3n) is 3.85. The minimum Gasteiger partial charge on any atom is -0.490 e. The van der Waals surface area contributed by atoms with Crippen LogP contribution in [-0.2, 0) is 25.5 Å². The van der Waals surface area contributed by atoms with Crippen LogP contribution >= 0.6 is 11.6 Å². The maximum Gasteiger partial charge on any atom is 0.375 e. The summed E-state index contributed by atoms with van der Waals surface area (Å²) in [6.45, 7) is 0.811. The smallest absolute Gasteiger partial charge is 0.375 e. The van der Waals surface area contributed by atoms with Crippen molar-refractivity contribution in [2.45, 2.75) is 25.9 Å². The highest BCUT2D eigenvalue weighted by atomic mass is 35.5. The number of rotatable bonds is 10. The van der Waals surface area contributed by atoms with Gasteiger partial charge in [-0.15, -0.1) is 0 Å². The number of ketones is 2. The SMILES string of the molecule is CC(CC(=O)OCC(=O)C(=O)O)Oc1ccc(C(=O)Cc2ccc(Cl)cc2)cc1. The normalized spacial score (nSPS) is 11.4. The molecule has 0 aliphatic rings. The van der Waals surface area contributed by atoms with Gasteiger partial charge >= 0.3 is 11.9 Å². The van der Waals surface area contributed by atoms with Crippen LogP contribution in [0.25, 0.3) is 0 Å². The van der Waals surface area contributed by atoms with Gasteiger partial charge in [0.1, 0.15) is 11.9 Å². The van der Waals surface area contributed by atoms with E-state index in [2.05, 4.69) is 4.74 Å². The molecule has 0 aliphatic carbocycles. The molecule has 1 atom stereocenters. The second-order valence-corrected chi connectivity index (χ2v) is 6.71. The number of hydrogen-bond donors (Lipinski definition) is 1. The summed E-state index contributed by atoms with van der Waals surface area (Å²) < 4.78 is 10.2. The van der Waals surface area contributed by atoms with Gasteiger partial charge in [-0.1, -0.05) is 23.7 Å². The highest BCUT2D eigenvalue weighted by Crippen LogP contribution is 2.17. The van der Waals surface area contributed by atoms with Gasteiger partial charge in [-0.05, 0) is 48.9 Å². The molecule has 0 amide bonds. The minimum absolute atomic E-state index is 0.0569. The molecule has 0 spiro atoms. The molecule has 7 nitrogen and oxygen atoms in total. The Morgan fingerprint density at radius 3 is 2.21 bits per heavy atom. The standard InChI is InChI=1S/C21H19ClO7/c1-13(10-20(25)28-12-19(24)21(26)27)29-17-8-4-15(5-9-17)18(23)11-14-2-6-16(22)7-3-14/h2-9,13H,10-12H2,1H3,(H,26,27). The molecule has 2 aromatic rings. The first kappa shape index (κ1) is 22.1. The number of benzene rings is 2. The predicted molar refractivity (Wildman–Crippen MR) is 104 cm³/mol. The largest absolute Gasteiger partial charge is 0.490 e. The molecule has 0 fully saturated rings. The van der Waals surface area contributed by atoms with E-state index >= 15 is 0 Å². The van der Waals surface area contributed by atoms with Crippen molar-refractivity contribution < 1.29 is 33.8 Å². The van der Waals surface area contributed by atoms with E-state index in [4.69, 9.17) is 21.4 Å². The predicted octanol–water partition coefficient (Wildman–Crippen LogP) is 3.12. The minimum atomic E-state index is -1.66. The lowest BCUT2D eigenvalue weighted by atomic mass is 10.0. The van der Waals surface area contributed by atoms with Crippen molar-refractivity contribution in [2.75, 3.05) is 6.61 Å². The number of Topliss-reactive ketones (excluding diaryl/α,β-unsaturated/α-hetero) is 2. The van der Waals surface area contributed by atoms with Gasteiger partial charge in [-0.2, -0.15) is 0 Å². The zero-order chi connectivity index (χ0) is 21.4. The molecule has 1 unspecified atom stereocenters. The van der Waals surface area contributed by atoms with Crippen molar-refractivity contribution in [3.8, 4) is 5.75 Å². The van der Waals surface area contributed by atoms with Crippen molar-refractivity contribution in [3.05, 3.63) is 64.7 Å². The van der Waals surface area contributed by atoms with Gasteiger partial charge < -0.3 is 14.6 Å². The average Bonchev–Trinajstić information content (AvgIpc) is 2.68. The van der Waals surface area contributed by atoms with Crippen molar-refractivity contribution in [1.82, 2.24) is 0 Å². The Balaban J connectivity index is 1.83. The van der Waals surface area contributed by atoms with E-state index in [0.29, 0.717) is 16.3 Å². The van der Waals surface area contributed by atoms with Gasteiger partial charge in [0.2, 0.25) is 0 Å². The first-order chi connectivity index (χ1) is 13.7. The molecular weight excluding hydrogens is 400 g/mol. The number of carbonyl (C=O) groups is 4. The second-order valence-electron chi connectivity index (χ2n) is 6.27. The summed E-state index contributed by atoms with van der Waals surface area (Å²) in [5, 5.41) is 9.04. The average molecular weight is 419 g/mol. The van der Waals surface area contributed by atoms with E-state index < -0.39 is 30.4 Å². The summed E-state index contributed by atoms with van der Waals surface area (Å²) >= 11 is 5.83. The number of hydrogen-bond acceptors (Lipinski definition) is 6. The number of ether oxygens (including phenoxy) is 2.